The van der Waals surface area contributed by atoms with Crippen molar-refractivity contribution in [3.05, 3.63) is 204 Å². The Morgan fingerprint density at radius 1 is 0.442 bits per heavy atom. The number of fused-ring (bicyclic) bond motifs is 9. The first-order chi connectivity index (χ1) is 25.7. The van der Waals surface area contributed by atoms with Crippen LogP contribution >= 0.6 is 11.8 Å². The summed E-state index contributed by atoms with van der Waals surface area (Å²) in [6.45, 7) is 0. The highest BCUT2D eigenvalue weighted by Crippen LogP contribution is 2.63. The molecule has 10 rings (SSSR count). The van der Waals surface area contributed by atoms with Crippen molar-refractivity contribution < 1.29 is 0 Å². The SMILES string of the molecule is N#Cc1ccc(-c2cccc3c2-c2ccc(-c4cc(-c5ccccc5)nc(-c5ccccc5)n4)cc2C32c3ccccc3Sc3ccccc32)cc1. The molecule has 0 radical (unpaired) electrons. The molecule has 4 heteroatoms. The maximum Gasteiger partial charge on any atom is 0.160 e. The van der Waals surface area contributed by atoms with Gasteiger partial charge < -0.3 is 0 Å². The lowest BCUT2D eigenvalue weighted by molar-refractivity contribution is 0.722. The van der Waals surface area contributed by atoms with E-state index in [-0.39, 0.29) is 0 Å². The maximum atomic E-state index is 9.56. The number of aromatic nitrogens is 2. The molecule has 0 fully saturated rings. The number of nitrogens with zero attached hydrogens (tertiary/aromatic N) is 3. The lowest BCUT2D eigenvalue weighted by Crippen LogP contribution is -2.32. The summed E-state index contributed by atoms with van der Waals surface area (Å²) in [5, 5.41) is 9.56. The van der Waals surface area contributed by atoms with Gasteiger partial charge in [-0.05, 0) is 80.9 Å². The predicted molar refractivity (Wildman–Crippen MR) is 210 cm³/mol. The minimum absolute atomic E-state index is 0.556. The van der Waals surface area contributed by atoms with Crippen molar-refractivity contribution in [2.75, 3.05) is 0 Å². The Labute approximate surface area is 307 Å². The smallest absolute Gasteiger partial charge is 0.160 e. The van der Waals surface area contributed by atoms with Crippen LogP contribution in [0.4, 0.5) is 0 Å². The summed E-state index contributed by atoms with van der Waals surface area (Å²) >= 11 is 1.85. The Balaban J connectivity index is 1.28. The third kappa shape index (κ3) is 4.60. The first-order valence-electron chi connectivity index (χ1n) is 17.4. The molecule has 0 atom stereocenters. The number of nitriles is 1. The van der Waals surface area contributed by atoms with Crippen LogP contribution in [0.1, 0.15) is 27.8 Å². The van der Waals surface area contributed by atoms with Crippen LogP contribution in [0.2, 0.25) is 0 Å². The second-order valence-corrected chi connectivity index (χ2v) is 14.3. The molecule has 1 spiro atoms. The van der Waals surface area contributed by atoms with Crippen molar-refractivity contribution in [1.29, 1.82) is 5.26 Å². The van der Waals surface area contributed by atoms with Crippen LogP contribution in [0.3, 0.4) is 0 Å². The van der Waals surface area contributed by atoms with Crippen LogP contribution < -0.4 is 0 Å². The summed E-state index contributed by atoms with van der Waals surface area (Å²) < 4.78 is 0. The molecule has 242 valence electrons. The third-order valence-electron chi connectivity index (χ3n) is 10.4. The molecule has 0 saturated heterocycles. The third-order valence-corrected chi connectivity index (χ3v) is 11.6. The average molecular weight is 680 g/mol. The number of hydrogen-bond donors (Lipinski definition) is 0. The second kappa shape index (κ2) is 12.1. The zero-order valence-corrected chi connectivity index (χ0v) is 28.8. The highest BCUT2D eigenvalue weighted by atomic mass is 32.2. The molecule has 0 bridgehead atoms. The Bertz CT molecular complexity index is 2610. The summed E-state index contributed by atoms with van der Waals surface area (Å²) in [7, 11) is 0. The van der Waals surface area contributed by atoms with Crippen LogP contribution in [0.5, 0.6) is 0 Å². The van der Waals surface area contributed by atoms with E-state index in [0.717, 1.165) is 39.2 Å². The van der Waals surface area contributed by atoms with Gasteiger partial charge in [0.05, 0.1) is 28.4 Å². The van der Waals surface area contributed by atoms with E-state index in [9.17, 15) is 5.26 Å². The van der Waals surface area contributed by atoms with Crippen LogP contribution in [-0.2, 0) is 5.41 Å². The monoisotopic (exact) mass is 679 g/mol. The largest absolute Gasteiger partial charge is 0.228 e. The van der Waals surface area contributed by atoms with Crippen molar-refractivity contribution in [3.8, 4) is 62.2 Å². The lowest BCUT2D eigenvalue weighted by Gasteiger charge is -2.39. The Morgan fingerprint density at radius 3 is 1.69 bits per heavy atom. The van der Waals surface area contributed by atoms with E-state index in [0.29, 0.717) is 11.4 Å². The van der Waals surface area contributed by atoms with Gasteiger partial charge in [-0.15, -0.1) is 0 Å². The zero-order valence-electron chi connectivity index (χ0n) is 28.0. The summed E-state index contributed by atoms with van der Waals surface area (Å²) in [5.74, 6) is 0.698. The van der Waals surface area contributed by atoms with Gasteiger partial charge >= 0.3 is 0 Å². The topological polar surface area (TPSA) is 49.6 Å². The van der Waals surface area contributed by atoms with Gasteiger partial charge in [0.25, 0.3) is 0 Å². The number of rotatable bonds is 4. The normalized spacial score (nSPS) is 13.1. The Kier molecular flexibility index (Phi) is 7.02. The molecule has 0 N–H and O–H groups in total. The number of benzene rings is 7. The van der Waals surface area contributed by atoms with E-state index in [2.05, 4.69) is 146 Å². The highest BCUT2D eigenvalue weighted by Gasteiger charge is 2.51. The zero-order chi connectivity index (χ0) is 34.6. The molecule has 7 aromatic carbocycles. The van der Waals surface area contributed by atoms with Gasteiger partial charge in [-0.1, -0.05) is 151 Å². The first kappa shape index (κ1) is 30.3. The van der Waals surface area contributed by atoms with Crippen LogP contribution in [0.25, 0.3) is 56.2 Å². The summed E-state index contributed by atoms with van der Waals surface area (Å²) in [6, 6.07) is 64.3. The summed E-state index contributed by atoms with van der Waals surface area (Å²) in [5.41, 5.74) is 14.7. The quantitative estimate of drug-likeness (QED) is 0.186. The Morgan fingerprint density at radius 2 is 1.02 bits per heavy atom. The fourth-order valence-electron chi connectivity index (χ4n) is 8.14. The average Bonchev–Trinajstić information content (AvgIpc) is 3.51. The van der Waals surface area contributed by atoms with Crippen molar-refractivity contribution in [2.24, 2.45) is 0 Å². The fourth-order valence-corrected chi connectivity index (χ4v) is 9.33. The minimum atomic E-state index is -0.556. The van der Waals surface area contributed by atoms with Gasteiger partial charge in [0.15, 0.2) is 5.82 Å². The number of hydrogen-bond acceptors (Lipinski definition) is 4. The van der Waals surface area contributed by atoms with Crippen molar-refractivity contribution >= 4 is 11.8 Å². The van der Waals surface area contributed by atoms with Gasteiger partial charge in [0.2, 0.25) is 0 Å². The van der Waals surface area contributed by atoms with E-state index in [1.807, 2.05) is 48.2 Å². The molecule has 2 heterocycles. The minimum Gasteiger partial charge on any atom is -0.228 e. The van der Waals surface area contributed by atoms with Gasteiger partial charge in [-0.25, -0.2) is 9.97 Å². The van der Waals surface area contributed by atoms with Crippen LogP contribution in [-0.4, -0.2) is 9.97 Å². The van der Waals surface area contributed by atoms with Crippen molar-refractivity contribution in [3.63, 3.8) is 0 Å². The molecule has 0 unspecified atom stereocenters. The molecule has 1 aromatic heterocycles. The Hall–Kier alpha value is -6.54. The van der Waals surface area contributed by atoms with E-state index in [1.165, 1.54) is 43.2 Å². The van der Waals surface area contributed by atoms with Gasteiger partial charge in [0.1, 0.15) is 0 Å². The maximum absolute atomic E-state index is 9.56. The molecule has 3 nitrogen and oxygen atoms in total. The van der Waals surface area contributed by atoms with Gasteiger partial charge in [-0.3, -0.25) is 0 Å². The fraction of sp³-hybridized carbons (Fsp3) is 0.0208. The second-order valence-electron chi connectivity index (χ2n) is 13.2. The van der Waals surface area contributed by atoms with E-state index >= 15 is 0 Å². The standard InChI is InChI=1S/C48H29N3S/c49-30-31-22-24-32(25-23-31)36-16-11-19-40-46(36)37-27-26-35(28-41(37)48(40)38-17-7-9-20-44(38)52-45-21-10-8-18-39(45)48)43-29-42(33-12-3-1-4-13-33)50-47(51-43)34-14-5-2-6-15-34/h1-29H. The van der Waals surface area contributed by atoms with Crippen LogP contribution in [0, 0.1) is 11.3 Å². The lowest BCUT2D eigenvalue weighted by atomic mass is 9.67. The molecule has 52 heavy (non-hydrogen) atoms. The molecule has 0 saturated carbocycles. The molecule has 2 aliphatic rings. The van der Waals surface area contributed by atoms with E-state index in [4.69, 9.17) is 9.97 Å². The van der Waals surface area contributed by atoms with E-state index < -0.39 is 5.41 Å². The molecule has 1 aliphatic heterocycles. The predicted octanol–water partition coefficient (Wildman–Crippen LogP) is 11.8. The van der Waals surface area contributed by atoms with Gasteiger partial charge in [-0.2, -0.15) is 5.26 Å². The highest BCUT2D eigenvalue weighted by molar-refractivity contribution is 7.99. The van der Waals surface area contributed by atoms with Crippen molar-refractivity contribution in [2.45, 2.75) is 15.2 Å². The summed E-state index contributed by atoms with van der Waals surface area (Å²) in [4.78, 5) is 12.8. The first-order valence-corrected chi connectivity index (χ1v) is 18.2. The van der Waals surface area contributed by atoms with Gasteiger partial charge in [0, 0.05) is 26.5 Å². The molecule has 0 amide bonds. The molecule has 8 aromatic rings. The van der Waals surface area contributed by atoms with E-state index in [1.54, 1.807) is 0 Å². The summed E-state index contributed by atoms with van der Waals surface area (Å²) in [6.07, 6.45) is 0. The molecular formula is C48H29N3S. The van der Waals surface area contributed by atoms with Crippen molar-refractivity contribution in [1.82, 2.24) is 9.97 Å². The molecular weight excluding hydrogens is 651 g/mol. The molecule has 1 aliphatic carbocycles. The van der Waals surface area contributed by atoms with Crippen LogP contribution in [0.15, 0.2) is 186 Å².